The van der Waals surface area contributed by atoms with Gasteiger partial charge in [0.1, 0.15) is 5.54 Å². The molecule has 0 spiro atoms. The molecule has 1 saturated heterocycles. The number of aromatic amines is 1. The van der Waals surface area contributed by atoms with Crippen molar-refractivity contribution < 1.29 is 14.4 Å². The van der Waals surface area contributed by atoms with Crippen LogP contribution in [-0.4, -0.2) is 32.8 Å². The highest BCUT2D eigenvalue weighted by Crippen LogP contribution is 2.27. The lowest BCUT2D eigenvalue weighted by Gasteiger charge is -2.22. The van der Waals surface area contributed by atoms with Gasteiger partial charge in [-0.3, -0.25) is 15.0 Å². The number of nitrogens with one attached hydrogen (secondary N) is 3. The number of amides is 4. The number of benzene rings is 2. The highest BCUT2D eigenvalue weighted by Gasteiger charge is 2.50. The van der Waals surface area contributed by atoms with Crippen LogP contribution in [0.3, 0.4) is 0 Å². The van der Waals surface area contributed by atoms with E-state index in [0.29, 0.717) is 27.2 Å². The summed E-state index contributed by atoms with van der Waals surface area (Å²) in [6.07, 6.45) is 1.52. The molecule has 1 atom stereocenters. The number of aromatic nitrogens is 2. The maximum atomic E-state index is 12.8. The molecular formula is C18H15N5O3. The summed E-state index contributed by atoms with van der Waals surface area (Å²) in [6, 6.07) is 13.0. The fourth-order valence-electron chi connectivity index (χ4n) is 2.95. The molecular weight excluding hydrogens is 334 g/mol. The van der Waals surface area contributed by atoms with Crippen LogP contribution in [0.1, 0.15) is 22.8 Å². The van der Waals surface area contributed by atoms with Gasteiger partial charge >= 0.3 is 6.03 Å². The molecule has 4 amide bonds. The number of fused-ring (bicyclic) bond motifs is 1. The highest BCUT2D eigenvalue weighted by molar-refractivity contribution is 6.09. The largest absolute Gasteiger partial charge is 0.345 e. The van der Waals surface area contributed by atoms with E-state index in [2.05, 4.69) is 20.7 Å². The maximum Gasteiger partial charge on any atom is 0.344 e. The summed E-state index contributed by atoms with van der Waals surface area (Å²) in [5.41, 5.74) is 3.47. The molecule has 2 aromatic carbocycles. The third kappa shape index (κ3) is 2.39. The minimum atomic E-state index is -1.24. The van der Waals surface area contributed by atoms with Crippen LogP contribution in [0.2, 0.25) is 0 Å². The summed E-state index contributed by atoms with van der Waals surface area (Å²) in [4.78, 5) is 44.5. The zero-order valence-electron chi connectivity index (χ0n) is 13.8. The molecule has 1 aromatic heterocycles. The van der Waals surface area contributed by atoms with Gasteiger partial charge in [0.05, 0.1) is 17.4 Å². The Morgan fingerprint density at radius 1 is 1.15 bits per heavy atom. The molecule has 4 rings (SSSR count). The zero-order chi connectivity index (χ0) is 18.3. The Balaban J connectivity index is 1.59. The Bertz CT molecular complexity index is 1030. The summed E-state index contributed by atoms with van der Waals surface area (Å²) < 4.78 is 0. The van der Waals surface area contributed by atoms with Crippen molar-refractivity contribution in [2.45, 2.75) is 12.5 Å². The second-order valence-electron chi connectivity index (χ2n) is 6.14. The number of hydrazine groups is 1. The van der Waals surface area contributed by atoms with E-state index in [0.717, 1.165) is 0 Å². The van der Waals surface area contributed by atoms with E-state index in [-0.39, 0.29) is 0 Å². The lowest BCUT2D eigenvalue weighted by Crippen LogP contribution is -2.47. The molecule has 0 unspecified atom stereocenters. The number of hydrogen-bond donors (Lipinski definition) is 3. The standard InChI is InChI=1S/C18H15N5O3/c1-18(12-5-3-2-4-6-12)16(25)23(17(26)21-18)22-15(24)11-7-8-13-14(9-11)20-10-19-13/h2-10H,1H3,(H,19,20)(H,21,26)(H,22,24)/t18-/m0/s1. The SMILES string of the molecule is C[C@@]1(c2ccccc2)NC(=O)N(NC(=O)c2ccc3nc[nH]c3c2)C1=O. The first-order valence-electron chi connectivity index (χ1n) is 7.95. The summed E-state index contributed by atoms with van der Waals surface area (Å²) in [7, 11) is 0. The van der Waals surface area contributed by atoms with Gasteiger partial charge in [0, 0.05) is 5.56 Å². The lowest BCUT2D eigenvalue weighted by atomic mass is 9.92. The summed E-state index contributed by atoms with van der Waals surface area (Å²) in [5.74, 6) is -1.12. The normalized spacial score (nSPS) is 19.7. The smallest absolute Gasteiger partial charge is 0.344 e. The predicted octanol–water partition coefficient (Wildman–Crippen LogP) is 1.67. The topological polar surface area (TPSA) is 107 Å². The Morgan fingerprint density at radius 3 is 2.69 bits per heavy atom. The number of nitrogens with zero attached hydrogens (tertiary/aromatic N) is 2. The van der Waals surface area contributed by atoms with Crippen molar-refractivity contribution in [3.8, 4) is 0 Å². The molecule has 0 saturated carbocycles. The van der Waals surface area contributed by atoms with Crippen molar-refractivity contribution in [3.63, 3.8) is 0 Å². The van der Waals surface area contributed by atoms with Crippen LogP contribution in [0.25, 0.3) is 11.0 Å². The number of imide groups is 1. The molecule has 0 bridgehead atoms. The fourth-order valence-corrected chi connectivity index (χ4v) is 2.95. The molecule has 0 radical (unpaired) electrons. The van der Waals surface area contributed by atoms with Crippen molar-refractivity contribution in [2.24, 2.45) is 0 Å². The van der Waals surface area contributed by atoms with Gasteiger partial charge in [-0.2, -0.15) is 5.01 Å². The number of carbonyl (C=O) groups is 3. The number of hydrogen-bond acceptors (Lipinski definition) is 4. The average Bonchev–Trinajstić information content (AvgIpc) is 3.20. The molecule has 26 heavy (non-hydrogen) atoms. The Labute approximate surface area is 148 Å². The van der Waals surface area contributed by atoms with Crippen molar-refractivity contribution >= 4 is 28.9 Å². The molecule has 8 heteroatoms. The van der Waals surface area contributed by atoms with E-state index in [1.165, 1.54) is 6.33 Å². The first-order valence-corrected chi connectivity index (χ1v) is 7.95. The van der Waals surface area contributed by atoms with Crippen LogP contribution < -0.4 is 10.7 Å². The minimum Gasteiger partial charge on any atom is -0.345 e. The van der Waals surface area contributed by atoms with E-state index in [9.17, 15) is 14.4 Å². The van der Waals surface area contributed by atoms with Gasteiger partial charge in [-0.15, -0.1) is 0 Å². The second kappa shape index (κ2) is 5.69. The van der Waals surface area contributed by atoms with E-state index in [1.807, 2.05) is 6.07 Å². The number of urea groups is 1. The fraction of sp³-hybridized carbons (Fsp3) is 0.111. The second-order valence-corrected chi connectivity index (χ2v) is 6.14. The van der Waals surface area contributed by atoms with Crippen molar-refractivity contribution in [2.75, 3.05) is 0 Å². The van der Waals surface area contributed by atoms with E-state index >= 15 is 0 Å². The lowest BCUT2D eigenvalue weighted by molar-refractivity contribution is -0.132. The van der Waals surface area contributed by atoms with Crippen molar-refractivity contribution in [1.82, 2.24) is 25.7 Å². The van der Waals surface area contributed by atoms with Crippen LogP contribution in [-0.2, 0) is 10.3 Å². The van der Waals surface area contributed by atoms with Gasteiger partial charge < -0.3 is 10.3 Å². The van der Waals surface area contributed by atoms with Crippen LogP contribution in [0.4, 0.5) is 4.79 Å². The first kappa shape index (κ1) is 15.8. The summed E-state index contributed by atoms with van der Waals surface area (Å²) in [5, 5.41) is 3.35. The van der Waals surface area contributed by atoms with E-state index < -0.39 is 23.4 Å². The average molecular weight is 349 g/mol. The van der Waals surface area contributed by atoms with Crippen LogP contribution in [0, 0.1) is 0 Å². The van der Waals surface area contributed by atoms with Crippen molar-refractivity contribution in [3.05, 3.63) is 66.0 Å². The zero-order valence-corrected chi connectivity index (χ0v) is 13.8. The molecule has 0 aliphatic carbocycles. The number of rotatable bonds is 3. The van der Waals surface area contributed by atoms with Crippen molar-refractivity contribution in [1.29, 1.82) is 0 Å². The molecule has 8 nitrogen and oxygen atoms in total. The Morgan fingerprint density at radius 2 is 1.92 bits per heavy atom. The van der Waals surface area contributed by atoms with Crippen LogP contribution >= 0.6 is 0 Å². The number of carbonyl (C=O) groups excluding carboxylic acids is 3. The minimum absolute atomic E-state index is 0.302. The van der Waals surface area contributed by atoms with Gasteiger partial charge in [0.15, 0.2) is 0 Å². The van der Waals surface area contributed by atoms with Crippen LogP contribution in [0.15, 0.2) is 54.9 Å². The highest BCUT2D eigenvalue weighted by atomic mass is 16.2. The predicted molar refractivity (Wildman–Crippen MR) is 92.7 cm³/mol. The van der Waals surface area contributed by atoms with E-state index in [1.54, 1.807) is 49.4 Å². The van der Waals surface area contributed by atoms with Gasteiger partial charge in [-0.05, 0) is 30.7 Å². The molecule has 3 aromatic rings. The summed E-state index contributed by atoms with van der Waals surface area (Å²) >= 11 is 0. The van der Waals surface area contributed by atoms with E-state index in [4.69, 9.17) is 0 Å². The number of H-pyrrole nitrogens is 1. The summed E-state index contributed by atoms with van der Waals surface area (Å²) in [6.45, 7) is 1.60. The van der Waals surface area contributed by atoms with Gasteiger partial charge in [0.2, 0.25) is 0 Å². The quantitative estimate of drug-likeness (QED) is 0.625. The Hall–Kier alpha value is -3.68. The van der Waals surface area contributed by atoms with Gasteiger partial charge in [-0.1, -0.05) is 30.3 Å². The molecule has 1 aliphatic heterocycles. The Kier molecular flexibility index (Phi) is 3.47. The third-order valence-electron chi connectivity index (χ3n) is 4.44. The number of imidazole rings is 1. The maximum absolute atomic E-state index is 12.8. The molecule has 1 aliphatic rings. The molecule has 2 heterocycles. The molecule has 1 fully saturated rings. The monoisotopic (exact) mass is 349 g/mol. The van der Waals surface area contributed by atoms with Gasteiger partial charge in [-0.25, -0.2) is 9.78 Å². The molecule has 3 N–H and O–H groups in total. The van der Waals surface area contributed by atoms with Gasteiger partial charge in [0.25, 0.3) is 11.8 Å². The first-order chi connectivity index (χ1) is 12.5. The van der Waals surface area contributed by atoms with Crippen LogP contribution in [0.5, 0.6) is 0 Å². The molecule has 130 valence electrons. The third-order valence-corrected chi connectivity index (χ3v) is 4.44.